The second-order valence-corrected chi connectivity index (χ2v) is 6.78. The van der Waals surface area contributed by atoms with Crippen LogP contribution < -0.4 is 11.1 Å². The van der Waals surface area contributed by atoms with Crippen molar-refractivity contribution < 1.29 is 4.79 Å². The van der Waals surface area contributed by atoms with Crippen LogP contribution in [0, 0.1) is 5.92 Å². The number of hydrogen-bond acceptors (Lipinski definition) is 4. The predicted molar refractivity (Wildman–Crippen MR) is 100 cm³/mol. The van der Waals surface area contributed by atoms with Crippen LogP contribution in [0.5, 0.6) is 0 Å². The lowest BCUT2D eigenvalue weighted by molar-refractivity contribution is 0.0932. The molecule has 1 fully saturated rings. The molecule has 0 radical (unpaired) electrons. The fourth-order valence-corrected chi connectivity index (χ4v) is 3.45. The van der Waals surface area contributed by atoms with Gasteiger partial charge in [0.05, 0.1) is 0 Å². The molecule has 1 aliphatic rings. The Morgan fingerprint density at radius 1 is 1.36 bits per heavy atom. The second kappa shape index (κ2) is 8.23. The number of carbonyl (C=O) groups excluding carboxylic acids is 1. The van der Waals surface area contributed by atoms with E-state index in [0.29, 0.717) is 24.7 Å². The molecule has 5 heteroatoms. The molecule has 1 amide bonds. The van der Waals surface area contributed by atoms with Crippen molar-refractivity contribution in [3.8, 4) is 11.1 Å². The average molecular weight is 338 g/mol. The van der Waals surface area contributed by atoms with Gasteiger partial charge in [-0.25, -0.2) is 0 Å². The van der Waals surface area contributed by atoms with Crippen LogP contribution in [0.1, 0.15) is 28.9 Å². The van der Waals surface area contributed by atoms with Gasteiger partial charge in [0, 0.05) is 31.4 Å². The molecular weight excluding hydrogens is 312 g/mol. The Balaban J connectivity index is 1.74. The van der Waals surface area contributed by atoms with Crippen LogP contribution in [0.2, 0.25) is 0 Å². The van der Waals surface area contributed by atoms with Crippen LogP contribution in [0.3, 0.4) is 0 Å². The fourth-order valence-electron chi connectivity index (χ4n) is 3.45. The lowest BCUT2D eigenvalue weighted by Gasteiger charge is -2.29. The molecule has 1 atom stereocenters. The molecule has 25 heavy (non-hydrogen) atoms. The molecular formula is C20H26N4O. The lowest BCUT2D eigenvalue weighted by Crippen LogP contribution is -2.39. The van der Waals surface area contributed by atoms with Crippen molar-refractivity contribution in [1.82, 2.24) is 15.2 Å². The third kappa shape index (κ3) is 4.44. The highest BCUT2D eigenvalue weighted by molar-refractivity contribution is 5.98. The molecule has 1 aromatic carbocycles. The highest BCUT2D eigenvalue weighted by Gasteiger charge is 2.19. The van der Waals surface area contributed by atoms with Crippen molar-refractivity contribution >= 4 is 5.91 Å². The monoisotopic (exact) mass is 338 g/mol. The summed E-state index contributed by atoms with van der Waals surface area (Å²) in [4.78, 5) is 19.4. The Morgan fingerprint density at radius 3 is 3.04 bits per heavy atom. The predicted octanol–water partition coefficient (Wildman–Crippen LogP) is 2.28. The maximum Gasteiger partial charge on any atom is 0.270 e. The molecule has 0 aliphatic carbocycles. The number of amides is 1. The average Bonchev–Trinajstić information content (AvgIpc) is 2.66. The molecule has 1 aliphatic heterocycles. The highest BCUT2D eigenvalue weighted by Crippen LogP contribution is 2.23. The zero-order valence-electron chi connectivity index (χ0n) is 14.7. The van der Waals surface area contributed by atoms with Crippen LogP contribution in [0.15, 0.2) is 42.6 Å². The summed E-state index contributed by atoms with van der Waals surface area (Å²) < 4.78 is 0. The molecule has 0 spiro atoms. The molecule has 5 nitrogen and oxygen atoms in total. The van der Waals surface area contributed by atoms with Crippen LogP contribution in [-0.4, -0.2) is 42.5 Å². The molecule has 132 valence electrons. The number of nitrogens with zero attached hydrogens (tertiary/aromatic N) is 2. The fraction of sp³-hybridized carbons (Fsp3) is 0.400. The highest BCUT2D eigenvalue weighted by atomic mass is 16.1. The van der Waals surface area contributed by atoms with Crippen molar-refractivity contribution in [3.63, 3.8) is 0 Å². The first-order valence-electron chi connectivity index (χ1n) is 8.88. The first-order chi connectivity index (χ1) is 12.2. The lowest BCUT2D eigenvalue weighted by atomic mass is 9.98. The Labute approximate surface area is 149 Å². The van der Waals surface area contributed by atoms with E-state index in [1.54, 1.807) is 6.20 Å². The van der Waals surface area contributed by atoms with Gasteiger partial charge in [-0.05, 0) is 55.6 Å². The van der Waals surface area contributed by atoms with Gasteiger partial charge in [0.1, 0.15) is 5.69 Å². The van der Waals surface area contributed by atoms with E-state index in [0.717, 1.165) is 36.2 Å². The van der Waals surface area contributed by atoms with Gasteiger partial charge < -0.3 is 16.0 Å². The minimum absolute atomic E-state index is 0.109. The summed E-state index contributed by atoms with van der Waals surface area (Å²) in [5.41, 5.74) is 9.06. The number of benzene rings is 1. The van der Waals surface area contributed by atoms with E-state index < -0.39 is 0 Å². The standard InChI is InChI=1S/C20H26N4O/c1-24-10-4-6-16(14-24)13-23-20(25)19-18(8-3-9-22-19)17-7-2-5-15(11-17)12-21/h2-3,5,7-9,11,16H,4,6,10,12-14,21H2,1H3,(H,23,25)/t16-/m0/s1. The van der Waals surface area contributed by atoms with E-state index in [2.05, 4.69) is 22.2 Å². The number of likely N-dealkylation sites (tertiary alicyclic amines) is 1. The zero-order valence-corrected chi connectivity index (χ0v) is 14.7. The van der Waals surface area contributed by atoms with Gasteiger partial charge in [0.2, 0.25) is 0 Å². The van der Waals surface area contributed by atoms with E-state index >= 15 is 0 Å². The molecule has 1 saturated heterocycles. The minimum atomic E-state index is -0.109. The number of carbonyl (C=O) groups is 1. The smallest absolute Gasteiger partial charge is 0.270 e. The van der Waals surface area contributed by atoms with Gasteiger partial charge in [-0.3, -0.25) is 9.78 Å². The number of nitrogens with two attached hydrogens (primary N) is 1. The Morgan fingerprint density at radius 2 is 2.24 bits per heavy atom. The normalized spacial score (nSPS) is 18.1. The third-order valence-corrected chi connectivity index (χ3v) is 4.77. The van der Waals surface area contributed by atoms with Crippen molar-refractivity contribution in [3.05, 3.63) is 53.9 Å². The number of piperidine rings is 1. The van der Waals surface area contributed by atoms with Gasteiger partial charge in [-0.2, -0.15) is 0 Å². The number of nitrogens with one attached hydrogen (secondary N) is 1. The third-order valence-electron chi connectivity index (χ3n) is 4.77. The summed E-state index contributed by atoms with van der Waals surface area (Å²) in [7, 11) is 2.13. The second-order valence-electron chi connectivity index (χ2n) is 6.78. The molecule has 2 aromatic rings. The summed E-state index contributed by atoms with van der Waals surface area (Å²) in [6, 6.07) is 11.7. The van der Waals surface area contributed by atoms with E-state index in [9.17, 15) is 4.79 Å². The van der Waals surface area contributed by atoms with Crippen LogP contribution in [0.4, 0.5) is 0 Å². The van der Waals surface area contributed by atoms with Crippen molar-refractivity contribution in [2.24, 2.45) is 11.7 Å². The number of aromatic nitrogens is 1. The van der Waals surface area contributed by atoms with Crippen molar-refractivity contribution in [1.29, 1.82) is 0 Å². The zero-order chi connectivity index (χ0) is 17.6. The quantitative estimate of drug-likeness (QED) is 0.877. The Hall–Kier alpha value is -2.24. The molecule has 3 N–H and O–H groups in total. The SMILES string of the molecule is CN1CCC[C@@H](CNC(=O)c2ncccc2-c2cccc(CN)c2)C1. The van der Waals surface area contributed by atoms with E-state index in [1.165, 1.54) is 6.42 Å². The first kappa shape index (κ1) is 17.6. The van der Waals surface area contributed by atoms with Crippen LogP contribution in [0.25, 0.3) is 11.1 Å². The summed E-state index contributed by atoms with van der Waals surface area (Å²) in [6.45, 7) is 3.35. The number of rotatable bonds is 5. The molecule has 3 rings (SSSR count). The molecule has 2 heterocycles. The van der Waals surface area contributed by atoms with Crippen molar-refractivity contribution in [2.75, 3.05) is 26.7 Å². The van der Waals surface area contributed by atoms with Crippen LogP contribution in [-0.2, 0) is 6.54 Å². The summed E-state index contributed by atoms with van der Waals surface area (Å²) in [5, 5.41) is 3.08. The summed E-state index contributed by atoms with van der Waals surface area (Å²) >= 11 is 0. The van der Waals surface area contributed by atoms with E-state index in [-0.39, 0.29) is 5.91 Å². The van der Waals surface area contributed by atoms with E-state index in [1.807, 2.05) is 36.4 Å². The van der Waals surface area contributed by atoms with Gasteiger partial charge >= 0.3 is 0 Å². The maximum absolute atomic E-state index is 12.7. The Bertz CT molecular complexity index is 731. The largest absolute Gasteiger partial charge is 0.350 e. The van der Waals surface area contributed by atoms with E-state index in [4.69, 9.17) is 5.73 Å². The van der Waals surface area contributed by atoms with Crippen molar-refractivity contribution in [2.45, 2.75) is 19.4 Å². The van der Waals surface area contributed by atoms with Gasteiger partial charge in [0.25, 0.3) is 5.91 Å². The molecule has 0 bridgehead atoms. The maximum atomic E-state index is 12.7. The minimum Gasteiger partial charge on any atom is -0.350 e. The summed E-state index contributed by atoms with van der Waals surface area (Å²) in [6.07, 6.45) is 4.02. The summed E-state index contributed by atoms with van der Waals surface area (Å²) in [5.74, 6) is 0.400. The van der Waals surface area contributed by atoms with Gasteiger partial charge in [-0.15, -0.1) is 0 Å². The number of pyridine rings is 1. The number of hydrogen-bond donors (Lipinski definition) is 2. The Kier molecular flexibility index (Phi) is 5.79. The molecule has 0 unspecified atom stereocenters. The van der Waals surface area contributed by atoms with Gasteiger partial charge in [-0.1, -0.05) is 24.3 Å². The topological polar surface area (TPSA) is 71.2 Å². The molecule has 0 saturated carbocycles. The first-order valence-corrected chi connectivity index (χ1v) is 8.88. The van der Waals surface area contributed by atoms with Crippen LogP contribution >= 0.6 is 0 Å². The van der Waals surface area contributed by atoms with Gasteiger partial charge in [0.15, 0.2) is 0 Å². The molecule has 1 aromatic heterocycles.